The van der Waals surface area contributed by atoms with Crippen LogP contribution in [-0.2, 0) is 7.05 Å². The molecule has 1 aromatic carbocycles. The number of rotatable bonds is 3. The number of benzene rings is 1. The molecular weight excluding hydrogens is 324 g/mol. The smallest absolute Gasteiger partial charge is 0.356 e. The number of hydrogen-bond donors (Lipinski definition) is 1. The Morgan fingerprint density at radius 2 is 2.05 bits per heavy atom. The van der Waals surface area contributed by atoms with Crippen molar-refractivity contribution >= 4 is 21.9 Å². The van der Waals surface area contributed by atoms with Crippen LogP contribution in [0.2, 0.25) is 0 Å². The molecule has 0 bridgehead atoms. The number of aromatic carboxylic acids is 1. The lowest BCUT2D eigenvalue weighted by molar-refractivity contribution is 0.0689. The molecule has 1 N–H and O–H groups in total. The maximum Gasteiger partial charge on any atom is 0.356 e. The first kappa shape index (κ1) is 14.6. The third-order valence-electron chi connectivity index (χ3n) is 3.22. The Labute approximate surface area is 125 Å². The van der Waals surface area contributed by atoms with Gasteiger partial charge in [0.1, 0.15) is 5.75 Å². The number of ether oxygens (including phenoxy) is 1. The second-order valence-corrected chi connectivity index (χ2v) is 5.41. The monoisotopic (exact) mass is 338 g/mol. The lowest BCUT2D eigenvalue weighted by Crippen LogP contribution is -2.01. The molecule has 2 rings (SSSR count). The minimum atomic E-state index is -1.05. The van der Waals surface area contributed by atoms with Gasteiger partial charge >= 0.3 is 5.97 Å². The van der Waals surface area contributed by atoms with Crippen LogP contribution >= 0.6 is 15.9 Å². The highest BCUT2D eigenvalue weighted by molar-refractivity contribution is 9.10. The lowest BCUT2D eigenvalue weighted by Gasteiger charge is -2.16. The minimum Gasteiger partial charge on any atom is -0.496 e. The fraction of sp³-hybridized carbons (Fsp3) is 0.286. The molecule has 0 atom stereocenters. The van der Waals surface area contributed by atoms with Crippen molar-refractivity contribution in [3.05, 3.63) is 33.4 Å². The average molecular weight is 339 g/mol. The van der Waals surface area contributed by atoms with Crippen LogP contribution in [0.5, 0.6) is 5.75 Å². The van der Waals surface area contributed by atoms with Crippen molar-refractivity contribution in [1.29, 1.82) is 0 Å². The normalized spacial score (nSPS) is 10.7. The molecule has 0 aliphatic heterocycles. The van der Waals surface area contributed by atoms with Gasteiger partial charge in [-0.15, -0.1) is 0 Å². The first-order chi connectivity index (χ1) is 9.36. The molecule has 0 fully saturated rings. The Morgan fingerprint density at radius 1 is 1.40 bits per heavy atom. The minimum absolute atomic E-state index is 0.0154. The van der Waals surface area contributed by atoms with E-state index in [1.807, 2.05) is 19.9 Å². The molecule has 0 saturated carbocycles. The van der Waals surface area contributed by atoms with Crippen LogP contribution in [0.15, 0.2) is 16.6 Å². The first-order valence-electron chi connectivity index (χ1n) is 5.98. The van der Waals surface area contributed by atoms with Gasteiger partial charge in [0.25, 0.3) is 0 Å². The zero-order chi connectivity index (χ0) is 15.0. The van der Waals surface area contributed by atoms with E-state index in [1.165, 1.54) is 0 Å². The van der Waals surface area contributed by atoms with Gasteiger partial charge in [-0.3, -0.25) is 4.68 Å². The van der Waals surface area contributed by atoms with Crippen LogP contribution in [-0.4, -0.2) is 28.0 Å². The maximum absolute atomic E-state index is 11.1. The van der Waals surface area contributed by atoms with Crippen molar-refractivity contribution in [2.24, 2.45) is 7.05 Å². The van der Waals surface area contributed by atoms with Crippen molar-refractivity contribution in [1.82, 2.24) is 9.78 Å². The van der Waals surface area contributed by atoms with Gasteiger partial charge in [0.2, 0.25) is 0 Å². The first-order valence-corrected chi connectivity index (χ1v) is 6.77. The molecule has 1 heterocycles. The van der Waals surface area contributed by atoms with E-state index in [4.69, 9.17) is 9.84 Å². The number of carbonyl (C=O) groups is 1. The SMILES string of the molecule is COc1c(C)cc(Br)c(C)c1-c1cc(C(=O)O)nn1C. The molecule has 0 radical (unpaired) electrons. The fourth-order valence-corrected chi connectivity index (χ4v) is 2.77. The van der Waals surface area contributed by atoms with Crippen molar-refractivity contribution in [3.8, 4) is 17.0 Å². The van der Waals surface area contributed by atoms with E-state index < -0.39 is 5.97 Å². The number of carboxylic acids is 1. The highest BCUT2D eigenvalue weighted by atomic mass is 79.9. The van der Waals surface area contributed by atoms with E-state index in [2.05, 4.69) is 21.0 Å². The zero-order valence-electron chi connectivity index (χ0n) is 11.7. The number of aromatic nitrogens is 2. The number of aryl methyl sites for hydroxylation is 2. The van der Waals surface area contributed by atoms with E-state index in [1.54, 1.807) is 24.9 Å². The molecule has 20 heavy (non-hydrogen) atoms. The van der Waals surface area contributed by atoms with Crippen molar-refractivity contribution in [2.45, 2.75) is 13.8 Å². The van der Waals surface area contributed by atoms with Gasteiger partial charge in [-0.05, 0) is 37.1 Å². The van der Waals surface area contributed by atoms with Gasteiger partial charge < -0.3 is 9.84 Å². The maximum atomic E-state index is 11.1. The summed E-state index contributed by atoms with van der Waals surface area (Å²) in [6.45, 7) is 3.90. The Kier molecular flexibility index (Phi) is 3.85. The second-order valence-electron chi connectivity index (χ2n) is 4.55. The third-order valence-corrected chi connectivity index (χ3v) is 4.04. The van der Waals surface area contributed by atoms with Gasteiger partial charge in [-0.2, -0.15) is 5.10 Å². The molecule has 0 aliphatic carbocycles. The van der Waals surface area contributed by atoms with Gasteiger partial charge in [0, 0.05) is 17.1 Å². The molecule has 0 amide bonds. The predicted octanol–water partition coefficient (Wildman–Crippen LogP) is 3.17. The number of methoxy groups -OCH3 is 1. The van der Waals surface area contributed by atoms with Gasteiger partial charge in [-0.1, -0.05) is 15.9 Å². The van der Waals surface area contributed by atoms with E-state index in [-0.39, 0.29) is 5.69 Å². The summed E-state index contributed by atoms with van der Waals surface area (Å²) in [6.07, 6.45) is 0. The van der Waals surface area contributed by atoms with Crippen LogP contribution in [0.4, 0.5) is 0 Å². The van der Waals surface area contributed by atoms with Crippen molar-refractivity contribution < 1.29 is 14.6 Å². The molecule has 0 unspecified atom stereocenters. The standard InChI is InChI=1S/C14H15BrN2O3/c1-7-5-9(15)8(2)12(13(7)20-4)11-6-10(14(18)19)16-17(11)3/h5-6H,1-4H3,(H,18,19). The van der Waals surface area contributed by atoms with Crippen LogP contribution < -0.4 is 4.74 Å². The zero-order valence-corrected chi connectivity index (χ0v) is 13.3. The Morgan fingerprint density at radius 3 is 2.55 bits per heavy atom. The summed E-state index contributed by atoms with van der Waals surface area (Å²) in [7, 11) is 3.32. The summed E-state index contributed by atoms with van der Waals surface area (Å²) >= 11 is 3.52. The van der Waals surface area contributed by atoms with Crippen LogP contribution in [0, 0.1) is 13.8 Å². The highest BCUT2D eigenvalue weighted by Crippen LogP contribution is 2.39. The fourth-order valence-electron chi connectivity index (χ4n) is 2.23. The van der Waals surface area contributed by atoms with E-state index in [0.717, 1.165) is 26.9 Å². The quantitative estimate of drug-likeness (QED) is 0.933. The Balaban J connectivity index is 2.78. The van der Waals surface area contributed by atoms with Crippen molar-refractivity contribution in [2.75, 3.05) is 7.11 Å². The summed E-state index contributed by atoms with van der Waals surface area (Å²) in [5.41, 5.74) is 3.52. The summed E-state index contributed by atoms with van der Waals surface area (Å²) < 4.78 is 7.99. The lowest BCUT2D eigenvalue weighted by atomic mass is 10.0. The van der Waals surface area contributed by atoms with E-state index in [9.17, 15) is 4.79 Å². The van der Waals surface area contributed by atoms with Crippen LogP contribution in [0.3, 0.4) is 0 Å². The number of carboxylic acid groups (broad SMARTS) is 1. The summed E-state index contributed by atoms with van der Waals surface area (Å²) in [5.74, 6) is -0.319. The predicted molar refractivity (Wildman–Crippen MR) is 79.3 cm³/mol. The molecule has 0 aliphatic rings. The van der Waals surface area contributed by atoms with Gasteiger partial charge in [0.05, 0.1) is 12.8 Å². The third kappa shape index (κ3) is 2.31. The molecule has 0 spiro atoms. The molecule has 2 aromatic rings. The summed E-state index contributed by atoms with van der Waals surface area (Å²) in [5, 5.41) is 13.1. The summed E-state index contributed by atoms with van der Waals surface area (Å²) in [4.78, 5) is 11.1. The number of hydrogen-bond acceptors (Lipinski definition) is 3. The largest absolute Gasteiger partial charge is 0.496 e. The van der Waals surface area contributed by atoms with Crippen LogP contribution in [0.1, 0.15) is 21.6 Å². The Hall–Kier alpha value is -1.82. The van der Waals surface area contributed by atoms with Crippen LogP contribution in [0.25, 0.3) is 11.3 Å². The van der Waals surface area contributed by atoms with E-state index in [0.29, 0.717) is 5.69 Å². The molecule has 6 heteroatoms. The highest BCUT2D eigenvalue weighted by Gasteiger charge is 2.20. The topological polar surface area (TPSA) is 64.3 Å². The summed E-state index contributed by atoms with van der Waals surface area (Å²) in [6, 6.07) is 3.53. The number of nitrogens with zero attached hydrogens (tertiary/aromatic N) is 2. The molecule has 1 aromatic heterocycles. The Bertz CT molecular complexity index is 692. The molecule has 0 saturated heterocycles. The number of halogens is 1. The molecule has 5 nitrogen and oxygen atoms in total. The van der Waals surface area contributed by atoms with Gasteiger partial charge in [-0.25, -0.2) is 4.79 Å². The second kappa shape index (κ2) is 5.28. The van der Waals surface area contributed by atoms with E-state index >= 15 is 0 Å². The van der Waals surface area contributed by atoms with Gasteiger partial charge in [0.15, 0.2) is 5.69 Å². The molecule has 106 valence electrons. The average Bonchev–Trinajstić information content (AvgIpc) is 2.75. The van der Waals surface area contributed by atoms with Crippen molar-refractivity contribution in [3.63, 3.8) is 0 Å². The molecular formula is C14H15BrN2O3.